The van der Waals surface area contributed by atoms with Crippen molar-refractivity contribution >= 4 is 0 Å². The summed E-state index contributed by atoms with van der Waals surface area (Å²) in [5, 5.41) is 10.9. The molecule has 0 bridgehead atoms. The maximum atomic E-state index is 10.9. The third kappa shape index (κ3) is 2.65. The molecule has 0 spiro atoms. The molecule has 0 aliphatic heterocycles. The monoisotopic (exact) mass is 426 g/mol. The molecule has 0 aromatic rings. The van der Waals surface area contributed by atoms with Crippen LogP contribution in [0.4, 0.5) is 0 Å². The van der Waals surface area contributed by atoms with Gasteiger partial charge in [0.25, 0.3) is 0 Å². The first-order valence-electron chi connectivity index (χ1n) is 13.6. The molecule has 5 fully saturated rings. The van der Waals surface area contributed by atoms with E-state index in [9.17, 15) is 5.11 Å². The van der Waals surface area contributed by atoms with Gasteiger partial charge < -0.3 is 5.11 Å². The smallest absolute Gasteiger partial charge is 0.0594 e. The molecule has 0 heterocycles. The number of hydrogen-bond donors (Lipinski definition) is 1. The minimum absolute atomic E-state index is 0.0632. The lowest BCUT2D eigenvalue weighted by Gasteiger charge is -2.73. The van der Waals surface area contributed by atoms with Crippen molar-refractivity contribution in [3.63, 3.8) is 0 Å². The molecule has 1 N–H and O–H groups in total. The molecule has 0 amide bonds. The van der Waals surface area contributed by atoms with Gasteiger partial charge in [-0.1, -0.05) is 53.7 Å². The molecule has 0 radical (unpaired) electrons. The highest BCUT2D eigenvalue weighted by atomic mass is 16.3. The molecule has 1 heteroatoms. The molecule has 0 aromatic carbocycles. The molecule has 5 rings (SSSR count). The van der Waals surface area contributed by atoms with Gasteiger partial charge in [0, 0.05) is 0 Å². The summed E-state index contributed by atoms with van der Waals surface area (Å²) in [4.78, 5) is 0. The van der Waals surface area contributed by atoms with Crippen molar-refractivity contribution in [2.24, 2.45) is 56.7 Å². The number of fused-ring (bicyclic) bond motifs is 7. The van der Waals surface area contributed by atoms with Crippen molar-refractivity contribution in [2.75, 3.05) is 0 Å². The highest BCUT2D eigenvalue weighted by Crippen LogP contribution is 2.77. The SMILES string of the molecule is C=C(C)C1CC[C@]2(C)CC[C@]3(C)C(CCC4[C@@]5(C)CC[C@H](O)C(C)(C)C5CC[C@]43C)C12. The Bertz CT molecular complexity index is 766. The number of aliphatic hydroxyl groups excluding tert-OH is 1. The average Bonchev–Trinajstić information content (AvgIpc) is 3.04. The second-order valence-electron chi connectivity index (χ2n) is 14.7. The van der Waals surface area contributed by atoms with Crippen LogP contribution in [0.5, 0.6) is 0 Å². The number of hydrogen-bond acceptors (Lipinski definition) is 1. The molecule has 0 aromatic heterocycles. The van der Waals surface area contributed by atoms with Gasteiger partial charge in [-0.25, -0.2) is 0 Å². The van der Waals surface area contributed by atoms with Gasteiger partial charge in [0.2, 0.25) is 0 Å². The second-order valence-corrected chi connectivity index (χ2v) is 14.7. The fourth-order valence-corrected chi connectivity index (χ4v) is 11.5. The first kappa shape index (κ1) is 22.5. The molecule has 5 saturated carbocycles. The van der Waals surface area contributed by atoms with Crippen LogP contribution in [0.3, 0.4) is 0 Å². The molecule has 31 heavy (non-hydrogen) atoms. The third-order valence-electron chi connectivity index (χ3n) is 13.5. The van der Waals surface area contributed by atoms with E-state index in [2.05, 4.69) is 55.0 Å². The van der Waals surface area contributed by atoms with E-state index < -0.39 is 0 Å². The van der Waals surface area contributed by atoms with Gasteiger partial charge in [0.05, 0.1) is 6.10 Å². The summed E-state index contributed by atoms with van der Waals surface area (Å²) < 4.78 is 0. The normalized spacial score (nSPS) is 57.9. The zero-order valence-electron chi connectivity index (χ0n) is 21.7. The molecular formula is C30H50O. The summed E-state index contributed by atoms with van der Waals surface area (Å²) in [5.74, 6) is 3.98. The molecule has 5 unspecified atom stereocenters. The highest BCUT2D eigenvalue weighted by molar-refractivity contribution is 5.21. The Morgan fingerprint density at radius 2 is 1.45 bits per heavy atom. The fraction of sp³-hybridized carbons (Fsp3) is 0.933. The van der Waals surface area contributed by atoms with E-state index in [1.54, 1.807) is 0 Å². The minimum atomic E-state index is -0.118. The summed E-state index contributed by atoms with van der Waals surface area (Å²) >= 11 is 0. The maximum Gasteiger partial charge on any atom is 0.0594 e. The van der Waals surface area contributed by atoms with Gasteiger partial charge in [0.15, 0.2) is 0 Å². The Labute approximate surface area is 192 Å². The van der Waals surface area contributed by atoms with Crippen molar-refractivity contribution in [1.29, 1.82) is 0 Å². The zero-order chi connectivity index (χ0) is 22.6. The first-order valence-corrected chi connectivity index (χ1v) is 13.6. The lowest BCUT2D eigenvalue weighted by Crippen LogP contribution is -2.66. The van der Waals surface area contributed by atoms with Crippen molar-refractivity contribution in [1.82, 2.24) is 0 Å². The standard InChI is InChI=1S/C30H50O/c1-19(2)20-11-14-27(5)17-18-29(7)21(25(20)27)9-10-23-28(6)15-13-24(31)26(3,4)22(28)12-16-30(23,29)8/h20-25,31H,1,9-18H2,2-8H3/t20?,21?,22?,23?,24-,25?,27+,28-,29+,30+/m0/s1. The zero-order valence-corrected chi connectivity index (χ0v) is 21.7. The Kier molecular flexibility index (Phi) is 4.82. The van der Waals surface area contributed by atoms with Crippen molar-refractivity contribution in [2.45, 2.75) is 119 Å². The van der Waals surface area contributed by atoms with Crippen LogP contribution in [0.15, 0.2) is 12.2 Å². The minimum Gasteiger partial charge on any atom is -0.393 e. The van der Waals surface area contributed by atoms with Crippen molar-refractivity contribution < 1.29 is 5.11 Å². The maximum absolute atomic E-state index is 10.9. The van der Waals surface area contributed by atoms with Crippen LogP contribution in [0.2, 0.25) is 0 Å². The molecule has 1 nitrogen and oxygen atoms in total. The lowest BCUT2D eigenvalue weighted by atomic mass is 9.32. The van der Waals surface area contributed by atoms with Crippen LogP contribution in [-0.2, 0) is 0 Å². The van der Waals surface area contributed by atoms with Gasteiger partial charge in [-0.05, 0) is 128 Å². The Morgan fingerprint density at radius 1 is 0.742 bits per heavy atom. The fourth-order valence-electron chi connectivity index (χ4n) is 11.5. The Morgan fingerprint density at radius 3 is 2.13 bits per heavy atom. The Hall–Kier alpha value is -0.300. The van der Waals surface area contributed by atoms with Gasteiger partial charge in [-0.15, -0.1) is 0 Å². The van der Waals surface area contributed by atoms with Gasteiger partial charge >= 0.3 is 0 Å². The highest BCUT2D eigenvalue weighted by Gasteiger charge is 2.70. The van der Waals surface area contributed by atoms with Gasteiger partial charge in [-0.3, -0.25) is 0 Å². The van der Waals surface area contributed by atoms with Crippen LogP contribution in [0.25, 0.3) is 0 Å². The van der Waals surface area contributed by atoms with Crippen molar-refractivity contribution in [3.05, 3.63) is 12.2 Å². The topological polar surface area (TPSA) is 20.2 Å². The second kappa shape index (κ2) is 6.64. The average molecular weight is 427 g/mol. The summed E-state index contributed by atoms with van der Waals surface area (Å²) in [6.45, 7) is 22.3. The van der Waals surface area contributed by atoms with E-state index in [1.807, 2.05) is 0 Å². The van der Waals surface area contributed by atoms with Gasteiger partial charge in [0.1, 0.15) is 0 Å². The first-order chi connectivity index (χ1) is 14.3. The summed E-state index contributed by atoms with van der Waals surface area (Å²) in [5.41, 5.74) is 3.38. The van der Waals surface area contributed by atoms with E-state index >= 15 is 0 Å². The summed E-state index contributed by atoms with van der Waals surface area (Å²) in [7, 11) is 0. The predicted octanol–water partition coefficient (Wildman–Crippen LogP) is 8.02. The molecule has 176 valence electrons. The van der Waals surface area contributed by atoms with E-state index in [4.69, 9.17) is 0 Å². The van der Waals surface area contributed by atoms with E-state index in [0.717, 1.165) is 30.1 Å². The summed E-state index contributed by atoms with van der Waals surface area (Å²) in [6, 6.07) is 0. The molecule has 5 aliphatic rings. The number of rotatable bonds is 1. The van der Waals surface area contributed by atoms with E-state index in [-0.39, 0.29) is 11.5 Å². The molecule has 5 aliphatic carbocycles. The lowest BCUT2D eigenvalue weighted by molar-refractivity contribution is -0.246. The predicted molar refractivity (Wildman–Crippen MR) is 131 cm³/mol. The van der Waals surface area contributed by atoms with Crippen LogP contribution in [0.1, 0.15) is 113 Å². The largest absolute Gasteiger partial charge is 0.393 e. The molecule has 0 saturated heterocycles. The number of aliphatic hydroxyl groups is 1. The molecule has 10 atom stereocenters. The Balaban J connectivity index is 1.54. The van der Waals surface area contributed by atoms with E-state index in [0.29, 0.717) is 27.6 Å². The number of allylic oxidation sites excluding steroid dienone is 1. The van der Waals surface area contributed by atoms with Crippen LogP contribution < -0.4 is 0 Å². The van der Waals surface area contributed by atoms with Gasteiger partial charge in [-0.2, -0.15) is 0 Å². The third-order valence-corrected chi connectivity index (χ3v) is 13.5. The van der Waals surface area contributed by atoms with Crippen LogP contribution in [-0.4, -0.2) is 11.2 Å². The quantitative estimate of drug-likeness (QED) is 0.421. The molecular weight excluding hydrogens is 376 g/mol. The van der Waals surface area contributed by atoms with Crippen molar-refractivity contribution in [3.8, 4) is 0 Å². The van der Waals surface area contributed by atoms with E-state index in [1.165, 1.54) is 63.4 Å². The van der Waals surface area contributed by atoms with Crippen LogP contribution in [0, 0.1) is 56.7 Å². The summed E-state index contributed by atoms with van der Waals surface area (Å²) in [6.07, 6.45) is 13.4. The van der Waals surface area contributed by atoms with Crippen LogP contribution >= 0.6 is 0 Å².